The maximum Gasteiger partial charge on any atom is 0.313 e. The lowest BCUT2D eigenvalue weighted by Gasteiger charge is -2.21. The van der Waals surface area contributed by atoms with Crippen molar-refractivity contribution in [2.75, 3.05) is 50.8 Å². The number of carboxylic acid groups (broad SMARTS) is 1. The van der Waals surface area contributed by atoms with Crippen LogP contribution in [0, 0.1) is 0 Å². The third kappa shape index (κ3) is 6.79. The van der Waals surface area contributed by atoms with Gasteiger partial charge in [-0.2, -0.15) is 11.8 Å². The Morgan fingerprint density at radius 3 is 2.03 bits per heavy atom. The summed E-state index contributed by atoms with van der Waals surface area (Å²) in [5.74, 6) is 0.608. The Balaban J connectivity index is 0.000000180. The van der Waals surface area contributed by atoms with Crippen molar-refractivity contribution in [1.82, 2.24) is 14.7 Å². The number of ketones is 2. The van der Waals surface area contributed by atoms with Crippen LogP contribution in [0.3, 0.4) is 0 Å². The number of rotatable bonds is 12. The van der Waals surface area contributed by atoms with Crippen LogP contribution in [0.5, 0.6) is 0 Å². The summed E-state index contributed by atoms with van der Waals surface area (Å²) in [6.45, 7) is 7.62. The Morgan fingerprint density at radius 1 is 0.900 bits per heavy atom. The highest BCUT2D eigenvalue weighted by Gasteiger charge is 2.43. The molecule has 3 heterocycles. The zero-order valence-electron chi connectivity index (χ0n) is 17.9. The second kappa shape index (κ2) is 10.9. The van der Waals surface area contributed by atoms with Gasteiger partial charge >= 0.3 is 5.97 Å². The highest BCUT2D eigenvalue weighted by atomic mass is 32.2. The van der Waals surface area contributed by atoms with Gasteiger partial charge < -0.3 is 19.8 Å². The summed E-state index contributed by atoms with van der Waals surface area (Å²) in [5, 5.41) is 8.37. The Bertz CT molecular complexity index is 722. The highest BCUT2D eigenvalue weighted by molar-refractivity contribution is 7.99. The lowest BCUT2D eigenvalue weighted by molar-refractivity contribution is -0.133. The van der Waals surface area contributed by atoms with Crippen LogP contribution in [0.4, 0.5) is 0 Å². The molecule has 4 rings (SSSR count). The molecule has 1 N–H and O–H groups in total. The average Bonchev–Trinajstić information content (AvgIpc) is 3.57. The molecule has 166 valence electrons. The van der Waals surface area contributed by atoms with Gasteiger partial charge in [0.2, 0.25) is 11.6 Å². The fraction of sp³-hybridized carbons (Fsp3) is 0.682. The van der Waals surface area contributed by atoms with Crippen molar-refractivity contribution in [2.45, 2.75) is 45.4 Å². The number of unbranched alkanes of at least 4 members (excludes halogenated alkanes) is 5. The molecule has 4 aliphatic rings. The number of carbonyl (C=O) groups excluding carboxylic acids is 2. The van der Waals surface area contributed by atoms with E-state index in [9.17, 15) is 14.4 Å². The first-order valence-corrected chi connectivity index (χ1v) is 12.3. The first kappa shape index (κ1) is 22.7. The van der Waals surface area contributed by atoms with Crippen LogP contribution >= 0.6 is 11.8 Å². The summed E-state index contributed by atoms with van der Waals surface area (Å²) in [6, 6.07) is 0. The second-order valence-electron chi connectivity index (χ2n) is 8.10. The molecule has 0 unspecified atom stereocenters. The van der Waals surface area contributed by atoms with Gasteiger partial charge in [-0.1, -0.05) is 39.0 Å². The molecule has 30 heavy (non-hydrogen) atoms. The van der Waals surface area contributed by atoms with Crippen LogP contribution in [0.15, 0.2) is 23.2 Å². The van der Waals surface area contributed by atoms with E-state index in [-0.39, 0.29) is 17.3 Å². The maximum absolute atomic E-state index is 12.4. The summed E-state index contributed by atoms with van der Waals surface area (Å²) in [6.07, 6.45) is 9.21. The maximum atomic E-state index is 12.4. The SMILES string of the molecule is CCCCCCCCSCC(=O)O.O=C1C=C(N2CC2)C(=O)C(N2CC2)=C1N1CC1. The Morgan fingerprint density at radius 2 is 1.47 bits per heavy atom. The van der Waals surface area contributed by atoms with Gasteiger partial charge in [-0.25, -0.2) is 0 Å². The molecule has 3 aliphatic heterocycles. The van der Waals surface area contributed by atoms with E-state index in [0.717, 1.165) is 45.0 Å². The molecule has 8 heteroatoms. The highest BCUT2D eigenvalue weighted by Crippen LogP contribution is 2.33. The van der Waals surface area contributed by atoms with Gasteiger partial charge in [0.1, 0.15) is 11.4 Å². The summed E-state index contributed by atoms with van der Waals surface area (Å²) in [4.78, 5) is 40.6. The number of allylic oxidation sites excluding steroid dienone is 1. The van der Waals surface area contributed by atoms with Crippen LogP contribution in [0.1, 0.15) is 45.4 Å². The molecule has 0 radical (unpaired) electrons. The molecule has 0 bridgehead atoms. The average molecular weight is 436 g/mol. The second-order valence-corrected chi connectivity index (χ2v) is 9.20. The minimum Gasteiger partial charge on any atom is -0.481 e. The van der Waals surface area contributed by atoms with Gasteiger partial charge in [-0.05, 0) is 12.2 Å². The number of hydrogen-bond donors (Lipinski definition) is 1. The lowest BCUT2D eigenvalue weighted by atomic mass is 10.0. The van der Waals surface area contributed by atoms with Gasteiger partial charge in [-0.15, -0.1) is 0 Å². The predicted molar refractivity (Wildman–Crippen MR) is 118 cm³/mol. The zero-order chi connectivity index (χ0) is 21.5. The summed E-state index contributed by atoms with van der Waals surface area (Å²) in [7, 11) is 0. The molecule has 7 nitrogen and oxygen atoms in total. The first-order chi connectivity index (χ1) is 14.5. The fourth-order valence-corrected chi connectivity index (χ4v) is 4.15. The van der Waals surface area contributed by atoms with Gasteiger partial charge in [0.25, 0.3) is 0 Å². The zero-order valence-corrected chi connectivity index (χ0v) is 18.7. The summed E-state index contributed by atoms with van der Waals surface area (Å²) < 4.78 is 0. The Labute approximate surface area is 183 Å². The monoisotopic (exact) mass is 435 g/mol. The molecule has 0 aromatic carbocycles. The Kier molecular flexibility index (Phi) is 8.24. The van der Waals surface area contributed by atoms with Crippen LogP contribution in [0.25, 0.3) is 0 Å². The topological polar surface area (TPSA) is 80.5 Å². The largest absolute Gasteiger partial charge is 0.481 e. The standard InChI is InChI=1S/C12H13N3O2.C10H20O2S/c16-9-7-8(13-1-2-13)12(17)11(15-5-6-15)10(9)14-3-4-14;1-2-3-4-5-6-7-8-13-9-10(11)12/h7H,1-6H2;2-9H2,1H3,(H,11,12). The smallest absolute Gasteiger partial charge is 0.313 e. The molecule has 0 amide bonds. The van der Waals surface area contributed by atoms with Crippen molar-refractivity contribution in [2.24, 2.45) is 0 Å². The van der Waals surface area contributed by atoms with Crippen LogP contribution in [0.2, 0.25) is 0 Å². The van der Waals surface area contributed by atoms with E-state index in [0.29, 0.717) is 17.1 Å². The third-order valence-electron chi connectivity index (χ3n) is 5.36. The molecular formula is C22H33N3O4S. The lowest BCUT2D eigenvalue weighted by Crippen LogP contribution is -2.29. The summed E-state index contributed by atoms with van der Waals surface area (Å²) >= 11 is 1.53. The minimum atomic E-state index is -0.698. The number of aliphatic carboxylic acids is 1. The molecule has 0 saturated carbocycles. The van der Waals surface area contributed by atoms with Crippen molar-refractivity contribution < 1.29 is 19.5 Å². The number of hydrogen-bond acceptors (Lipinski definition) is 7. The van der Waals surface area contributed by atoms with Crippen LogP contribution in [-0.2, 0) is 14.4 Å². The molecule has 0 aromatic rings. The molecule has 1 aliphatic carbocycles. The number of carboxylic acids is 1. The van der Waals surface area contributed by atoms with Crippen LogP contribution < -0.4 is 0 Å². The number of nitrogens with zero attached hydrogens (tertiary/aromatic N) is 3. The van der Waals surface area contributed by atoms with Crippen molar-refractivity contribution in [1.29, 1.82) is 0 Å². The van der Waals surface area contributed by atoms with Gasteiger partial charge in [-0.3, -0.25) is 14.4 Å². The van der Waals surface area contributed by atoms with Gasteiger partial charge in [0.15, 0.2) is 0 Å². The quantitative estimate of drug-likeness (QED) is 0.284. The van der Waals surface area contributed by atoms with E-state index < -0.39 is 5.97 Å². The number of carbonyl (C=O) groups is 3. The van der Waals surface area contributed by atoms with Gasteiger partial charge in [0, 0.05) is 45.3 Å². The number of thioether (sulfide) groups is 1. The minimum absolute atomic E-state index is 0.00546. The Hall–Kier alpha value is -1.96. The molecule has 3 fully saturated rings. The summed E-state index contributed by atoms with van der Waals surface area (Å²) in [5.41, 5.74) is 1.89. The molecular weight excluding hydrogens is 402 g/mol. The molecule has 0 aromatic heterocycles. The van der Waals surface area contributed by atoms with Crippen molar-refractivity contribution in [3.8, 4) is 0 Å². The normalized spacial score (nSPS) is 19.5. The number of Topliss-reactive ketones (excluding diaryl/α,β-unsaturated/α-hetero) is 1. The third-order valence-corrected chi connectivity index (χ3v) is 6.38. The molecule has 3 saturated heterocycles. The van der Waals surface area contributed by atoms with Crippen LogP contribution in [-0.4, -0.2) is 88.1 Å². The van der Waals surface area contributed by atoms with E-state index in [1.165, 1.54) is 56.4 Å². The molecule has 0 atom stereocenters. The van der Waals surface area contributed by atoms with Gasteiger partial charge in [0.05, 0.1) is 11.4 Å². The van der Waals surface area contributed by atoms with Crippen molar-refractivity contribution in [3.63, 3.8) is 0 Å². The molecule has 0 spiro atoms. The van der Waals surface area contributed by atoms with Crippen molar-refractivity contribution in [3.05, 3.63) is 23.2 Å². The first-order valence-electron chi connectivity index (χ1n) is 11.1. The van der Waals surface area contributed by atoms with E-state index >= 15 is 0 Å². The fourth-order valence-electron chi connectivity index (χ4n) is 3.42. The predicted octanol–water partition coefficient (Wildman–Crippen LogP) is 2.35. The van der Waals surface area contributed by atoms with E-state index in [2.05, 4.69) is 6.92 Å². The van der Waals surface area contributed by atoms with E-state index in [4.69, 9.17) is 5.11 Å². The van der Waals surface area contributed by atoms with E-state index in [1.807, 2.05) is 14.7 Å². The van der Waals surface area contributed by atoms with Crippen molar-refractivity contribution >= 4 is 29.3 Å². The van der Waals surface area contributed by atoms with E-state index in [1.54, 1.807) is 0 Å².